The summed E-state index contributed by atoms with van der Waals surface area (Å²) in [4.78, 5) is 12.1. The Kier molecular flexibility index (Phi) is 13.0. The van der Waals surface area contributed by atoms with E-state index in [-0.39, 0.29) is 5.97 Å². The minimum atomic E-state index is -0.371. The molecule has 2 aromatic carbocycles. The largest absolute Gasteiger partial charge is 0.494 e. The number of unbranched alkanes of at least 4 members (excludes halogenated alkanes) is 8. The number of hydrogen-bond acceptors (Lipinski definition) is 3. The topological polar surface area (TPSA) is 35.5 Å². The Morgan fingerprint density at radius 2 is 1.31 bits per heavy atom. The number of aryl methyl sites for hydroxylation is 1. The van der Waals surface area contributed by atoms with Crippen molar-refractivity contribution in [3.05, 3.63) is 65.7 Å². The maximum atomic E-state index is 12.1. The predicted octanol–water partition coefficient (Wildman–Crippen LogP) is 8.17. The van der Waals surface area contributed by atoms with E-state index in [2.05, 4.69) is 13.8 Å². The van der Waals surface area contributed by atoms with Gasteiger partial charge in [0.2, 0.25) is 0 Å². The molecule has 32 heavy (non-hydrogen) atoms. The van der Waals surface area contributed by atoms with Gasteiger partial charge in [0.1, 0.15) is 11.5 Å². The van der Waals surface area contributed by atoms with Gasteiger partial charge in [-0.05, 0) is 60.7 Å². The molecule has 0 fully saturated rings. The van der Waals surface area contributed by atoms with Crippen molar-refractivity contribution >= 4 is 12.0 Å². The summed E-state index contributed by atoms with van der Waals surface area (Å²) in [7, 11) is 0. The summed E-state index contributed by atoms with van der Waals surface area (Å²) in [6.45, 7) is 5.21. The van der Waals surface area contributed by atoms with Gasteiger partial charge in [0.25, 0.3) is 0 Å². The van der Waals surface area contributed by atoms with E-state index < -0.39 is 0 Å². The van der Waals surface area contributed by atoms with Gasteiger partial charge in [0, 0.05) is 6.08 Å². The smallest absolute Gasteiger partial charge is 0.336 e. The quantitative estimate of drug-likeness (QED) is 0.115. The van der Waals surface area contributed by atoms with E-state index in [1.165, 1.54) is 69.4 Å². The van der Waals surface area contributed by atoms with E-state index in [0.29, 0.717) is 5.75 Å². The first kappa shape index (κ1) is 25.7. The maximum Gasteiger partial charge on any atom is 0.336 e. The molecule has 0 N–H and O–H groups in total. The molecule has 0 bridgehead atoms. The Bertz CT molecular complexity index is 775. The van der Waals surface area contributed by atoms with Crippen LogP contribution in [0.2, 0.25) is 0 Å². The average Bonchev–Trinajstić information content (AvgIpc) is 2.82. The molecular weight excluding hydrogens is 396 g/mol. The average molecular weight is 437 g/mol. The molecule has 0 saturated heterocycles. The summed E-state index contributed by atoms with van der Waals surface area (Å²) >= 11 is 0. The molecular formula is C29H40O3. The van der Waals surface area contributed by atoms with E-state index in [9.17, 15) is 4.79 Å². The number of benzene rings is 2. The van der Waals surface area contributed by atoms with E-state index in [1.807, 2.05) is 48.5 Å². The van der Waals surface area contributed by atoms with Crippen LogP contribution in [-0.4, -0.2) is 12.6 Å². The fraction of sp³-hybridized carbons (Fsp3) is 0.483. The van der Waals surface area contributed by atoms with Crippen molar-refractivity contribution in [1.82, 2.24) is 0 Å². The van der Waals surface area contributed by atoms with Crippen molar-refractivity contribution in [2.75, 3.05) is 6.61 Å². The molecule has 0 spiro atoms. The Morgan fingerprint density at radius 3 is 2.00 bits per heavy atom. The number of carbonyl (C=O) groups is 1. The van der Waals surface area contributed by atoms with Gasteiger partial charge in [-0.25, -0.2) is 4.79 Å². The summed E-state index contributed by atoms with van der Waals surface area (Å²) in [5.41, 5.74) is 2.23. The molecule has 0 aliphatic heterocycles. The molecule has 0 unspecified atom stereocenters. The molecule has 0 aliphatic carbocycles. The van der Waals surface area contributed by atoms with Crippen molar-refractivity contribution < 1.29 is 14.3 Å². The van der Waals surface area contributed by atoms with Gasteiger partial charge in [0.15, 0.2) is 0 Å². The Morgan fingerprint density at radius 1 is 0.719 bits per heavy atom. The lowest BCUT2D eigenvalue weighted by molar-refractivity contribution is -0.128. The third-order valence-corrected chi connectivity index (χ3v) is 5.52. The van der Waals surface area contributed by atoms with Gasteiger partial charge in [0.05, 0.1) is 6.61 Å². The predicted molar refractivity (Wildman–Crippen MR) is 134 cm³/mol. The molecule has 0 aromatic heterocycles. The molecule has 2 aromatic rings. The highest BCUT2D eigenvalue weighted by Crippen LogP contribution is 2.17. The SMILES string of the molecule is CCCCCCCCOc1ccc(C=CC(=O)Oc2ccc(CCCCCC)cc2)cc1. The normalized spacial score (nSPS) is 11.1. The first-order valence-electron chi connectivity index (χ1n) is 12.4. The second-order valence-corrected chi connectivity index (χ2v) is 8.39. The first-order chi connectivity index (χ1) is 15.7. The highest BCUT2D eigenvalue weighted by atomic mass is 16.5. The Balaban J connectivity index is 1.68. The number of rotatable bonds is 16. The second-order valence-electron chi connectivity index (χ2n) is 8.39. The zero-order chi connectivity index (χ0) is 22.9. The lowest BCUT2D eigenvalue weighted by Gasteiger charge is -2.06. The van der Waals surface area contributed by atoms with Gasteiger partial charge in [-0.1, -0.05) is 89.5 Å². The fourth-order valence-corrected chi connectivity index (χ4v) is 3.54. The maximum absolute atomic E-state index is 12.1. The van der Waals surface area contributed by atoms with Crippen molar-refractivity contribution in [1.29, 1.82) is 0 Å². The van der Waals surface area contributed by atoms with Crippen molar-refractivity contribution in [3.63, 3.8) is 0 Å². The summed E-state index contributed by atoms with van der Waals surface area (Å²) < 4.78 is 11.2. The third-order valence-electron chi connectivity index (χ3n) is 5.52. The van der Waals surface area contributed by atoms with E-state index >= 15 is 0 Å². The lowest BCUT2D eigenvalue weighted by Crippen LogP contribution is -2.03. The molecule has 0 amide bonds. The molecule has 0 heterocycles. The molecule has 2 rings (SSSR count). The number of esters is 1. The van der Waals surface area contributed by atoms with Gasteiger partial charge in [-0.2, -0.15) is 0 Å². The molecule has 0 aliphatic rings. The van der Waals surface area contributed by atoms with Crippen LogP contribution in [0, 0.1) is 0 Å². The first-order valence-corrected chi connectivity index (χ1v) is 12.4. The van der Waals surface area contributed by atoms with E-state index in [0.717, 1.165) is 30.8 Å². The highest BCUT2D eigenvalue weighted by molar-refractivity contribution is 5.88. The van der Waals surface area contributed by atoms with Crippen LogP contribution in [0.25, 0.3) is 6.08 Å². The zero-order valence-corrected chi connectivity index (χ0v) is 20.0. The summed E-state index contributed by atoms with van der Waals surface area (Å²) in [5.74, 6) is 1.08. The number of carbonyl (C=O) groups excluding carboxylic acids is 1. The molecule has 3 nitrogen and oxygen atoms in total. The fourth-order valence-electron chi connectivity index (χ4n) is 3.54. The Hall–Kier alpha value is -2.55. The van der Waals surface area contributed by atoms with Crippen LogP contribution >= 0.6 is 0 Å². The minimum absolute atomic E-state index is 0.371. The van der Waals surface area contributed by atoms with Crippen LogP contribution in [0.15, 0.2) is 54.6 Å². The van der Waals surface area contributed by atoms with Crippen LogP contribution in [0.4, 0.5) is 0 Å². The third kappa shape index (κ3) is 11.2. The number of hydrogen-bond donors (Lipinski definition) is 0. The van der Waals surface area contributed by atoms with Gasteiger partial charge in [-0.3, -0.25) is 0 Å². The van der Waals surface area contributed by atoms with Crippen molar-refractivity contribution in [3.8, 4) is 11.5 Å². The van der Waals surface area contributed by atoms with Crippen LogP contribution in [-0.2, 0) is 11.2 Å². The van der Waals surface area contributed by atoms with E-state index in [4.69, 9.17) is 9.47 Å². The molecule has 0 atom stereocenters. The van der Waals surface area contributed by atoms with Crippen molar-refractivity contribution in [2.45, 2.75) is 84.5 Å². The zero-order valence-electron chi connectivity index (χ0n) is 20.0. The van der Waals surface area contributed by atoms with Gasteiger partial charge >= 0.3 is 5.97 Å². The van der Waals surface area contributed by atoms with Crippen LogP contribution in [0.5, 0.6) is 11.5 Å². The summed E-state index contributed by atoms with van der Waals surface area (Å²) in [6, 6.07) is 15.6. The standard InChI is InChI=1S/C29H40O3/c1-3-5-7-9-10-12-24-31-27-19-14-26(15-20-27)18-23-29(30)32-28-21-16-25(17-22-28)13-11-8-6-4-2/h14-23H,3-13,24H2,1-2H3. The molecule has 0 radical (unpaired) electrons. The van der Waals surface area contributed by atoms with E-state index in [1.54, 1.807) is 6.08 Å². The second kappa shape index (κ2) is 16.1. The van der Waals surface area contributed by atoms with Crippen LogP contribution in [0.1, 0.15) is 89.2 Å². The summed E-state index contributed by atoms with van der Waals surface area (Å²) in [6.07, 6.45) is 16.9. The van der Waals surface area contributed by atoms with Gasteiger partial charge < -0.3 is 9.47 Å². The lowest BCUT2D eigenvalue weighted by atomic mass is 10.1. The van der Waals surface area contributed by atoms with Crippen molar-refractivity contribution in [2.24, 2.45) is 0 Å². The highest BCUT2D eigenvalue weighted by Gasteiger charge is 2.02. The Labute approximate surface area is 194 Å². The van der Waals surface area contributed by atoms with Crippen LogP contribution < -0.4 is 9.47 Å². The molecule has 0 saturated carbocycles. The monoisotopic (exact) mass is 436 g/mol. The van der Waals surface area contributed by atoms with Gasteiger partial charge in [-0.15, -0.1) is 0 Å². The summed E-state index contributed by atoms with van der Waals surface area (Å²) in [5, 5.41) is 0. The van der Waals surface area contributed by atoms with Crippen LogP contribution in [0.3, 0.4) is 0 Å². The minimum Gasteiger partial charge on any atom is -0.494 e. The molecule has 174 valence electrons. The molecule has 3 heteroatoms. The number of ether oxygens (including phenoxy) is 2.